The lowest BCUT2D eigenvalue weighted by atomic mass is 10.2. The van der Waals surface area contributed by atoms with Crippen LogP contribution in [0.4, 0.5) is 5.69 Å². The van der Waals surface area contributed by atoms with Gasteiger partial charge in [-0.15, -0.1) is 11.8 Å². The Morgan fingerprint density at radius 2 is 1.96 bits per heavy atom. The van der Waals surface area contributed by atoms with Gasteiger partial charge in [0.15, 0.2) is 0 Å². The lowest BCUT2D eigenvalue weighted by molar-refractivity contribution is -0.116. The first-order valence-corrected chi connectivity index (χ1v) is 10.9. The predicted molar refractivity (Wildman–Crippen MR) is 104 cm³/mol. The van der Waals surface area contributed by atoms with E-state index in [0.29, 0.717) is 18.7 Å². The van der Waals surface area contributed by atoms with E-state index >= 15 is 0 Å². The molecule has 1 heterocycles. The van der Waals surface area contributed by atoms with Gasteiger partial charge in [0, 0.05) is 21.6 Å². The number of thioether (sulfide) groups is 1. The smallest absolute Gasteiger partial charge is 0.240 e. The standard InChI is InChI=1S/C17H17BrN2O3S2/c1-19-25(22,23)15-6-7-16-12(10-15)8-9-20(16)17(21)11-24-14-4-2-13(18)3-5-14/h2-7,10,19H,8-9,11H2,1H3. The van der Waals surface area contributed by atoms with E-state index in [0.717, 1.165) is 20.6 Å². The SMILES string of the molecule is CNS(=O)(=O)c1ccc2c(c1)CCN2C(=O)CSc1ccc(Br)cc1. The van der Waals surface area contributed by atoms with Gasteiger partial charge >= 0.3 is 0 Å². The van der Waals surface area contributed by atoms with Crippen LogP contribution in [0.5, 0.6) is 0 Å². The molecule has 8 heteroatoms. The van der Waals surface area contributed by atoms with E-state index in [4.69, 9.17) is 0 Å². The summed E-state index contributed by atoms with van der Waals surface area (Å²) in [4.78, 5) is 15.5. The number of carbonyl (C=O) groups excluding carboxylic acids is 1. The quantitative estimate of drug-likeness (QED) is 0.725. The second kappa shape index (κ2) is 7.49. The van der Waals surface area contributed by atoms with Crippen LogP contribution in [0.3, 0.4) is 0 Å². The van der Waals surface area contributed by atoms with Crippen molar-refractivity contribution in [2.45, 2.75) is 16.2 Å². The Balaban J connectivity index is 1.71. The topological polar surface area (TPSA) is 66.5 Å². The fourth-order valence-corrected chi connectivity index (χ4v) is 4.50. The highest BCUT2D eigenvalue weighted by atomic mass is 79.9. The summed E-state index contributed by atoms with van der Waals surface area (Å²) in [5, 5.41) is 0. The van der Waals surface area contributed by atoms with Crippen molar-refractivity contribution in [2.24, 2.45) is 0 Å². The highest BCUT2D eigenvalue weighted by molar-refractivity contribution is 9.10. The van der Waals surface area contributed by atoms with Crippen molar-refractivity contribution in [3.8, 4) is 0 Å². The van der Waals surface area contributed by atoms with E-state index < -0.39 is 10.0 Å². The molecule has 0 bridgehead atoms. The molecule has 25 heavy (non-hydrogen) atoms. The van der Waals surface area contributed by atoms with E-state index in [-0.39, 0.29) is 10.8 Å². The van der Waals surface area contributed by atoms with Crippen molar-refractivity contribution in [1.82, 2.24) is 4.72 Å². The molecular formula is C17H17BrN2O3S2. The predicted octanol–water partition coefficient (Wildman–Crippen LogP) is 3.04. The van der Waals surface area contributed by atoms with Crippen LogP contribution in [0.25, 0.3) is 0 Å². The highest BCUT2D eigenvalue weighted by Gasteiger charge is 2.26. The number of rotatable bonds is 5. The molecule has 2 aromatic carbocycles. The molecule has 2 aromatic rings. The summed E-state index contributed by atoms with van der Waals surface area (Å²) >= 11 is 4.88. The Bertz CT molecular complexity index is 899. The molecule has 1 aliphatic rings. The fraction of sp³-hybridized carbons (Fsp3) is 0.235. The number of hydrogen-bond acceptors (Lipinski definition) is 4. The molecule has 0 unspecified atom stereocenters. The number of anilines is 1. The lowest BCUT2D eigenvalue weighted by Gasteiger charge is -2.17. The van der Waals surface area contributed by atoms with Gasteiger partial charge in [-0.25, -0.2) is 13.1 Å². The van der Waals surface area contributed by atoms with E-state index in [2.05, 4.69) is 20.7 Å². The first-order chi connectivity index (χ1) is 11.9. The molecule has 5 nitrogen and oxygen atoms in total. The monoisotopic (exact) mass is 440 g/mol. The molecule has 132 valence electrons. The zero-order valence-electron chi connectivity index (χ0n) is 13.5. The number of amides is 1. The van der Waals surface area contributed by atoms with E-state index in [1.807, 2.05) is 24.3 Å². The Morgan fingerprint density at radius 1 is 1.24 bits per heavy atom. The molecule has 0 atom stereocenters. The third-order valence-electron chi connectivity index (χ3n) is 4.00. The summed E-state index contributed by atoms with van der Waals surface area (Å²) in [6.07, 6.45) is 0.664. The molecule has 3 rings (SSSR count). The van der Waals surface area contributed by atoms with Crippen molar-refractivity contribution in [1.29, 1.82) is 0 Å². The van der Waals surface area contributed by atoms with Gasteiger partial charge < -0.3 is 4.90 Å². The first kappa shape index (κ1) is 18.4. The number of fused-ring (bicyclic) bond motifs is 1. The maximum atomic E-state index is 12.6. The fourth-order valence-electron chi connectivity index (χ4n) is 2.68. The average Bonchev–Trinajstić information content (AvgIpc) is 3.04. The highest BCUT2D eigenvalue weighted by Crippen LogP contribution is 2.31. The maximum absolute atomic E-state index is 12.6. The third kappa shape index (κ3) is 4.08. The third-order valence-corrected chi connectivity index (χ3v) is 6.94. The van der Waals surface area contributed by atoms with Crippen LogP contribution in [0.15, 0.2) is 56.7 Å². The van der Waals surface area contributed by atoms with E-state index in [1.165, 1.54) is 24.9 Å². The van der Waals surface area contributed by atoms with Gasteiger partial charge in [0.1, 0.15) is 0 Å². The minimum absolute atomic E-state index is 0.0240. The van der Waals surface area contributed by atoms with Crippen LogP contribution in [0, 0.1) is 0 Å². The molecule has 0 aromatic heterocycles. The summed E-state index contributed by atoms with van der Waals surface area (Å²) < 4.78 is 27.1. The second-order valence-electron chi connectivity index (χ2n) is 5.54. The van der Waals surface area contributed by atoms with Crippen LogP contribution in [-0.4, -0.2) is 33.7 Å². The number of hydrogen-bond donors (Lipinski definition) is 1. The maximum Gasteiger partial charge on any atom is 0.240 e. The van der Waals surface area contributed by atoms with Gasteiger partial charge in [-0.1, -0.05) is 15.9 Å². The molecule has 0 aliphatic carbocycles. The van der Waals surface area contributed by atoms with Crippen molar-refractivity contribution >= 4 is 49.3 Å². The van der Waals surface area contributed by atoms with Crippen molar-refractivity contribution in [3.05, 3.63) is 52.5 Å². The number of halogens is 1. The summed E-state index contributed by atoms with van der Waals surface area (Å²) in [6, 6.07) is 12.7. The molecule has 0 radical (unpaired) electrons. The minimum Gasteiger partial charge on any atom is -0.311 e. The van der Waals surface area contributed by atoms with Gasteiger partial charge in [-0.2, -0.15) is 0 Å². The van der Waals surface area contributed by atoms with Crippen LogP contribution in [-0.2, 0) is 21.2 Å². The summed E-state index contributed by atoms with van der Waals surface area (Å²) in [5.74, 6) is 0.369. The average molecular weight is 441 g/mol. The Labute approximate surface area is 160 Å². The van der Waals surface area contributed by atoms with Crippen LogP contribution in [0.2, 0.25) is 0 Å². The zero-order valence-corrected chi connectivity index (χ0v) is 16.7. The number of carbonyl (C=O) groups is 1. The van der Waals surface area contributed by atoms with Crippen molar-refractivity contribution in [3.63, 3.8) is 0 Å². The Morgan fingerprint density at radius 3 is 2.64 bits per heavy atom. The van der Waals surface area contributed by atoms with Crippen molar-refractivity contribution < 1.29 is 13.2 Å². The lowest BCUT2D eigenvalue weighted by Crippen LogP contribution is -2.30. The number of benzene rings is 2. The minimum atomic E-state index is -3.47. The first-order valence-electron chi connectivity index (χ1n) is 7.66. The summed E-state index contributed by atoms with van der Waals surface area (Å²) in [5.41, 5.74) is 1.69. The van der Waals surface area contributed by atoms with Crippen molar-refractivity contribution in [2.75, 3.05) is 24.2 Å². The van der Waals surface area contributed by atoms with Gasteiger partial charge in [-0.3, -0.25) is 4.79 Å². The summed E-state index contributed by atoms with van der Waals surface area (Å²) in [6.45, 7) is 0.581. The van der Waals surface area contributed by atoms with Crippen LogP contribution >= 0.6 is 27.7 Å². The molecular weight excluding hydrogens is 424 g/mol. The molecule has 0 spiro atoms. The molecule has 1 amide bonds. The zero-order chi connectivity index (χ0) is 18.0. The van der Waals surface area contributed by atoms with Crippen LogP contribution < -0.4 is 9.62 Å². The van der Waals surface area contributed by atoms with Crippen LogP contribution in [0.1, 0.15) is 5.56 Å². The van der Waals surface area contributed by atoms with E-state index in [9.17, 15) is 13.2 Å². The molecule has 1 aliphatic heterocycles. The number of nitrogens with zero attached hydrogens (tertiary/aromatic N) is 1. The Kier molecular flexibility index (Phi) is 5.52. The number of sulfonamides is 1. The molecule has 0 saturated carbocycles. The van der Waals surface area contributed by atoms with Gasteiger partial charge in [-0.05, 0) is 61.5 Å². The van der Waals surface area contributed by atoms with E-state index in [1.54, 1.807) is 17.0 Å². The molecule has 1 N–H and O–H groups in total. The van der Waals surface area contributed by atoms with Gasteiger partial charge in [0.2, 0.25) is 15.9 Å². The van der Waals surface area contributed by atoms with Gasteiger partial charge in [0.05, 0.1) is 10.6 Å². The summed E-state index contributed by atoms with van der Waals surface area (Å²) in [7, 11) is -2.08. The molecule has 0 saturated heterocycles. The normalized spacial score (nSPS) is 13.8. The molecule has 0 fully saturated rings. The Hall–Kier alpha value is -1.35. The number of nitrogens with one attached hydrogen (secondary N) is 1. The largest absolute Gasteiger partial charge is 0.311 e. The van der Waals surface area contributed by atoms with Gasteiger partial charge in [0.25, 0.3) is 0 Å². The second-order valence-corrected chi connectivity index (χ2v) is 9.39.